The summed E-state index contributed by atoms with van der Waals surface area (Å²) in [6, 6.07) is 11.8. The Balaban J connectivity index is 2.45. The Hall–Kier alpha value is -3.07. The molecule has 0 aliphatic heterocycles. The van der Waals surface area contributed by atoms with E-state index in [1.807, 2.05) is 52.0 Å². The van der Waals surface area contributed by atoms with Gasteiger partial charge in [-0.05, 0) is 57.9 Å². The average molecular weight is 490 g/mol. The van der Waals surface area contributed by atoms with Crippen molar-refractivity contribution in [1.29, 1.82) is 0 Å². The first-order chi connectivity index (χ1) is 15.8. The van der Waals surface area contributed by atoms with E-state index in [1.165, 1.54) is 12.0 Å². The molecule has 2 aromatic rings. The minimum Gasteiger partial charge on any atom is -0.495 e. The molecule has 186 valence electrons. The number of nitrogens with one attached hydrogen (secondary N) is 1. The molecule has 2 aromatic carbocycles. The smallest absolute Gasteiger partial charge is 0.244 e. The first-order valence-electron chi connectivity index (χ1n) is 11.1. The largest absolute Gasteiger partial charge is 0.495 e. The van der Waals surface area contributed by atoms with Gasteiger partial charge in [0.05, 0.1) is 19.1 Å². The third kappa shape index (κ3) is 7.21. The van der Waals surface area contributed by atoms with E-state index < -0.39 is 28.5 Å². The zero-order chi connectivity index (χ0) is 25.6. The molecule has 0 heterocycles. The Morgan fingerprint density at radius 1 is 1.00 bits per heavy atom. The highest BCUT2D eigenvalue weighted by Gasteiger charge is 2.31. The molecule has 0 aromatic heterocycles. The van der Waals surface area contributed by atoms with E-state index >= 15 is 0 Å². The number of aryl methyl sites for hydroxylation is 2. The molecule has 0 saturated carbocycles. The molecule has 0 unspecified atom stereocenters. The van der Waals surface area contributed by atoms with Crippen LogP contribution in [0.2, 0.25) is 0 Å². The van der Waals surface area contributed by atoms with Gasteiger partial charge >= 0.3 is 0 Å². The van der Waals surface area contributed by atoms with E-state index in [0.717, 1.165) is 27.3 Å². The molecule has 8 nitrogen and oxygen atoms in total. The van der Waals surface area contributed by atoms with Gasteiger partial charge in [-0.1, -0.05) is 35.9 Å². The molecule has 0 spiro atoms. The van der Waals surface area contributed by atoms with E-state index in [4.69, 9.17) is 4.74 Å². The van der Waals surface area contributed by atoms with Gasteiger partial charge < -0.3 is 15.0 Å². The standard InChI is InChI=1S/C25H35N3O5S/c1-17(2)26-25(30)20(5)27(15-21-11-8-18(3)9-12-21)24(29)16-28(34(7,31)32)22-14-19(4)10-13-23(22)33-6/h8-14,17,20H,15-16H2,1-7H3,(H,26,30)/t20-/m0/s1. The lowest BCUT2D eigenvalue weighted by Gasteiger charge is -2.32. The van der Waals surface area contributed by atoms with Gasteiger partial charge in [0, 0.05) is 12.6 Å². The quantitative estimate of drug-likeness (QED) is 0.554. The van der Waals surface area contributed by atoms with Crippen LogP contribution in [0.3, 0.4) is 0 Å². The molecular formula is C25H35N3O5S. The molecule has 1 atom stereocenters. The Labute approximate surface area is 202 Å². The number of carbonyl (C=O) groups excluding carboxylic acids is 2. The lowest BCUT2D eigenvalue weighted by atomic mass is 10.1. The second kappa shape index (κ2) is 11.4. The molecule has 0 aliphatic carbocycles. The average Bonchev–Trinajstić information content (AvgIpc) is 2.75. The summed E-state index contributed by atoms with van der Waals surface area (Å²) in [5.41, 5.74) is 3.00. The normalized spacial score (nSPS) is 12.2. The molecule has 0 fully saturated rings. The van der Waals surface area contributed by atoms with Crippen LogP contribution in [0.25, 0.3) is 0 Å². The summed E-state index contributed by atoms with van der Waals surface area (Å²) in [4.78, 5) is 27.8. The fourth-order valence-corrected chi connectivity index (χ4v) is 4.31. The van der Waals surface area contributed by atoms with Crippen molar-refractivity contribution in [3.05, 3.63) is 59.2 Å². The van der Waals surface area contributed by atoms with Crippen molar-refractivity contribution in [3.8, 4) is 5.75 Å². The Morgan fingerprint density at radius 3 is 2.12 bits per heavy atom. The number of nitrogens with zero attached hydrogens (tertiary/aromatic N) is 2. The fraction of sp³-hybridized carbons (Fsp3) is 0.440. The van der Waals surface area contributed by atoms with E-state index in [2.05, 4.69) is 5.32 Å². The summed E-state index contributed by atoms with van der Waals surface area (Å²) in [7, 11) is -2.39. The van der Waals surface area contributed by atoms with Gasteiger partial charge in [0.25, 0.3) is 0 Å². The maximum Gasteiger partial charge on any atom is 0.244 e. The van der Waals surface area contributed by atoms with Gasteiger partial charge in [-0.2, -0.15) is 0 Å². The topological polar surface area (TPSA) is 96.0 Å². The van der Waals surface area contributed by atoms with Gasteiger partial charge in [-0.3, -0.25) is 13.9 Å². The maximum atomic E-state index is 13.6. The van der Waals surface area contributed by atoms with E-state index in [0.29, 0.717) is 5.75 Å². The monoisotopic (exact) mass is 489 g/mol. The summed E-state index contributed by atoms with van der Waals surface area (Å²) >= 11 is 0. The first kappa shape index (κ1) is 27.2. The second-order valence-electron chi connectivity index (χ2n) is 8.79. The van der Waals surface area contributed by atoms with Crippen molar-refractivity contribution in [2.75, 3.05) is 24.2 Å². The summed E-state index contributed by atoms with van der Waals surface area (Å²) < 4.78 is 31.9. The maximum absolute atomic E-state index is 13.6. The van der Waals surface area contributed by atoms with Gasteiger partial charge in [0.2, 0.25) is 21.8 Å². The number of benzene rings is 2. The van der Waals surface area contributed by atoms with Crippen molar-refractivity contribution in [2.45, 2.75) is 53.2 Å². The highest BCUT2D eigenvalue weighted by molar-refractivity contribution is 7.92. The van der Waals surface area contributed by atoms with E-state index in [9.17, 15) is 18.0 Å². The summed E-state index contributed by atoms with van der Waals surface area (Å²) in [6.07, 6.45) is 1.04. The molecule has 9 heteroatoms. The number of hydrogen-bond donors (Lipinski definition) is 1. The lowest BCUT2D eigenvalue weighted by molar-refractivity contribution is -0.139. The molecule has 0 saturated heterocycles. The summed E-state index contributed by atoms with van der Waals surface area (Å²) in [5.74, 6) is -0.477. The number of amides is 2. The second-order valence-corrected chi connectivity index (χ2v) is 10.7. The Kier molecular flexibility index (Phi) is 9.09. The SMILES string of the molecule is COc1ccc(C)cc1N(CC(=O)N(Cc1ccc(C)cc1)[C@@H](C)C(=O)NC(C)C)S(C)(=O)=O. The van der Waals surface area contributed by atoms with Crippen molar-refractivity contribution in [3.63, 3.8) is 0 Å². The molecule has 1 N–H and O–H groups in total. The van der Waals surface area contributed by atoms with Crippen LogP contribution in [0.4, 0.5) is 5.69 Å². The minimum absolute atomic E-state index is 0.102. The number of hydrogen-bond acceptors (Lipinski definition) is 5. The van der Waals surface area contributed by atoms with Crippen LogP contribution in [0.1, 0.15) is 37.5 Å². The Bertz CT molecular complexity index is 1110. The number of methoxy groups -OCH3 is 1. The zero-order valence-electron chi connectivity index (χ0n) is 21.0. The van der Waals surface area contributed by atoms with Crippen molar-refractivity contribution in [1.82, 2.24) is 10.2 Å². The molecule has 2 rings (SSSR count). The first-order valence-corrected chi connectivity index (χ1v) is 13.0. The highest BCUT2D eigenvalue weighted by atomic mass is 32.2. The third-order valence-corrected chi connectivity index (χ3v) is 6.48. The van der Waals surface area contributed by atoms with Crippen molar-refractivity contribution in [2.24, 2.45) is 0 Å². The summed E-state index contributed by atoms with van der Waals surface area (Å²) in [5, 5.41) is 2.83. The molecular weight excluding hydrogens is 454 g/mol. The summed E-state index contributed by atoms with van der Waals surface area (Å²) in [6.45, 7) is 8.80. The van der Waals surface area contributed by atoms with E-state index in [1.54, 1.807) is 25.1 Å². The van der Waals surface area contributed by atoms with Crippen LogP contribution in [0.15, 0.2) is 42.5 Å². The molecule has 0 radical (unpaired) electrons. The highest BCUT2D eigenvalue weighted by Crippen LogP contribution is 2.31. The van der Waals surface area contributed by atoms with Crippen LogP contribution in [-0.4, -0.2) is 57.1 Å². The number of sulfonamides is 1. The molecule has 34 heavy (non-hydrogen) atoms. The van der Waals surface area contributed by atoms with Gasteiger partial charge in [0.1, 0.15) is 18.3 Å². The minimum atomic E-state index is -3.83. The Morgan fingerprint density at radius 2 is 1.59 bits per heavy atom. The van der Waals surface area contributed by atoms with Gasteiger partial charge in [-0.25, -0.2) is 8.42 Å². The van der Waals surface area contributed by atoms with Gasteiger partial charge in [0.15, 0.2) is 0 Å². The van der Waals surface area contributed by atoms with Crippen molar-refractivity contribution < 1.29 is 22.7 Å². The van der Waals surface area contributed by atoms with Crippen LogP contribution in [-0.2, 0) is 26.2 Å². The van der Waals surface area contributed by atoms with Crippen molar-refractivity contribution >= 4 is 27.5 Å². The lowest BCUT2D eigenvalue weighted by Crippen LogP contribution is -2.52. The third-order valence-electron chi connectivity index (χ3n) is 5.35. The number of carbonyl (C=O) groups is 2. The van der Waals surface area contributed by atoms with E-state index in [-0.39, 0.29) is 24.2 Å². The van der Waals surface area contributed by atoms with Gasteiger partial charge in [-0.15, -0.1) is 0 Å². The van der Waals surface area contributed by atoms with Crippen LogP contribution in [0.5, 0.6) is 5.75 Å². The molecule has 0 bridgehead atoms. The fourth-order valence-electron chi connectivity index (χ4n) is 3.47. The number of ether oxygens (including phenoxy) is 1. The molecule has 0 aliphatic rings. The number of anilines is 1. The predicted octanol–water partition coefficient (Wildman–Crippen LogP) is 3.02. The van der Waals surface area contributed by atoms with Crippen LogP contribution < -0.4 is 14.4 Å². The zero-order valence-corrected chi connectivity index (χ0v) is 21.8. The predicted molar refractivity (Wildman–Crippen MR) is 134 cm³/mol. The van der Waals surface area contributed by atoms with Crippen LogP contribution in [0, 0.1) is 13.8 Å². The molecule has 2 amide bonds. The number of rotatable bonds is 10. The van der Waals surface area contributed by atoms with Crippen LogP contribution >= 0.6 is 0 Å².